The number of hydrogen-bond donors (Lipinski definition) is 2. The lowest BCUT2D eigenvalue weighted by Gasteiger charge is -2.25. The van der Waals surface area contributed by atoms with Gasteiger partial charge in [0.05, 0.1) is 5.75 Å². The molecule has 1 amide bonds. The molecule has 0 aliphatic carbocycles. The highest BCUT2D eigenvalue weighted by Gasteiger charge is 2.22. The van der Waals surface area contributed by atoms with Crippen molar-refractivity contribution in [3.8, 4) is 0 Å². The van der Waals surface area contributed by atoms with E-state index in [1.54, 1.807) is 12.1 Å². The van der Waals surface area contributed by atoms with Gasteiger partial charge in [0.25, 0.3) is 5.91 Å². The average Bonchev–Trinajstić information content (AvgIpc) is 2.88. The van der Waals surface area contributed by atoms with Crippen molar-refractivity contribution in [2.45, 2.75) is 25.8 Å². The third kappa shape index (κ3) is 3.36. The molecular weight excluding hydrogens is 266 g/mol. The van der Waals surface area contributed by atoms with Gasteiger partial charge in [-0.05, 0) is 45.0 Å². The Morgan fingerprint density at radius 3 is 2.79 bits per heavy atom. The normalized spacial score (nSPS) is 17.3. The quantitative estimate of drug-likeness (QED) is 0.844. The third-order valence-corrected chi connectivity index (χ3v) is 4.60. The molecule has 0 aromatic carbocycles. The number of nitrogens with zero attached hydrogens (tertiary/aromatic N) is 1. The Hall–Kier alpha value is -1.34. The van der Waals surface area contributed by atoms with Gasteiger partial charge in [-0.25, -0.2) is 13.1 Å². The van der Waals surface area contributed by atoms with Gasteiger partial charge in [-0.1, -0.05) is 0 Å². The molecule has 1 fully saturated rings. The van der Waals surface area contributed by atoms with E-state index in [0.29, 0.717) is 5.69 Å². The van der Waals surface area contributed by atoms with E-state index < -0.39 is 15.9 Å². The number of carbonyl (C=O) groups is 1. The first-order chi connectivity index (χ1) is 9.03. The van der Waals surface area contributed by atoms with E-state index in [4.69, 9.17) is 0 Å². The molecule has 0 spiro atoms. The maximum atomic E-state index is 12.0. The summed E-state index contributed by atoms with van der Waals surface area (Å²) < 4.78 is 26.8. The van der Waals surface area contributed by atoms with Crippen LogP contribution in [0.15, 0.2) is 18.3 Å². The monoisotopic (exact) mass is 285 g/mol. The van der Waals surface area contributed by atoms with Crippen molar-refractivity contribution < 1.29 is 13.2 Å². The van der Waals surface area contributed by atoms with E-state index in [0.717, 1.165) is 25.9 Å². The maximum Gasteiger partial charge on any atom is 0.281 e. The van der Waals surface area contributed by atoms with Crippen LogP contribution in [0.25, 0.3) is 0 Å². The van der Waals surface area contributed by atoms with E-state index in [1.807, 2.05) is 10.8 Å². The number of amides is 1. The van der Waals surface area contributed by atoms with Crippen LogP contribution in [0.4, 0.5) is 0 Å². The summed E-state index contributed by atoms with van der Waals surface area (Å²) in [5, 5.41) is 3.26. The number of nitrogens with one attached hydrogen (secondary N) is 2. The Morgan fingerprint density at radius 1 is 1.47 bits per heavy atom. The lowest BCUT2D eigenvalue weighted by Crippen LogP contribution is -2.35. The molecule has 2 heterocycles. The molecule has 6 nitrogen and oxygen atoms in total. The largest absolute Gasteiger partial charge is 0.340 e. The van der Waals surface area contributed by atoms with Crippen molar-refractivity contribution in [3.05, 3.63) is 24.0 Å². The van der Waals surface area contributed by atoms with Crippen LogP contribution < -0.4 is 10.0 Å². The second-order valence-corrected chi connectivity index (χ2v) is 6.63. The molecule has 0 unspecified atom stereocenters. The highest BCUT2D eigenvalue weighted by Crippen LogP contribution is 2.21. The molecule has 106 valence electrons. The lowest BCUT2D eigenvalue weighted by atomic mass is 10.1. The van der Waals surface area contributed by atoms with Gasteiger partial charge in [-0.2, -0.15) is 0 Å². The fourth-order valence-electron chi connectivity index (χ4n) is 2.26. The second kappa shape index (κ2) is 5.75. The van der Waals surface area contributed by atoms with Gasteiger partial charge in [0.1, 0.15) is 5.69 Å². The van der Waals surface area contributed by atoms with Gasteiger partial charge in [0.15, 0.2) is 0 Å². The minimum atomic E-state index is -3.52. The van der Waals surface area contributed by atoms with E-state index >= 15 is 0 Å². The van der Waals surface area contributed by atoms with Crippen LogP contribution in [0.1, 0.15) is 36.3 Å². The van der Waals surface area contributed by atoms with Crippen molar-refractivity contribution in [1.82, 2.24) is 14.6 Å². The van der Waals surface area contributed by atoms with Crippen LogP contribution in [-0.4, -0.2) is 37.7 Å². The summed E-state index contributed by atoms with van der Waals surface area (Å²) in [6.07, 6.45) is 3.72. The Balaban J connectivity index is 2.17. The molecule has 7 heteroatoms. The van der Waals surface area contributed by atoms with E-state index in [-0.39, 0.29) is 11.8 Å². The molecule has 0 saturated carbocycles. The molecule has 1 aliphatic rings. The molecule has 0 atom stereocenters. The third-order valence-electron chi connectivity index (χ3n) is 3.34. The first-order valence-corrected chi connectivity index (χ1v) is 8.11. The first-order valence-electron chi connectivity index (χ1n) is 6.46. The maximum absolute atomic E-state index is 12.0. The molecule has 0 radical (unpaired) electrons. The van der Waals surface area contributed by atoms with E-state index in [9.17, 15) is 13.2 Å². The molecule has 1 saturated heterocycles. The number of hydrogen-bond acceptors (Lipinski definition) is 4. The Labute approximate surface area is 113 Å². The standard InChI is InChI=1S/C12H19N3O3S/c1-2-19(17,18)14-12(16)11-4-3-9-15(11)10-5-7-13-8-6-10/h3-4,9-10,13H,2,5-8H2,1H3,(H,14,16). The fourth-order valence-corrected chi connectivity index (χ4v) is 2.79. The molecule has 1 aromatic heterocycles. The topological polar surface area (TPSA) is 80.2 Å². The fraction of sp³-hybridized carbons (Fsp3) is 0.583. The first kappa shape index (κ1) is 14.1. The highest BCUT2D eigenvalue weighted by molar-refractivity contribution is 7.90. The predicted molar refractivity (Wildman–Crippen MR) is 72.5 cm³/mol. The number of aromatic nitrogens is 1. The summed E-state index contributed by atoms with van der Waals surface area (Å²) in [5.41, 5.74) is 0.406. The Bertz CT molecular complexity index is 544. The molecule has 1 aromatic rings. The van der Waals surface area contributed by atoms with Crippen molar-refractivity contribution in [3.63, 3.8) is 0 Å². The van der Waals surface area contributed by atoms with Crippen LogP contribution >= 0.6 is 0 Å². The number of carbonyl (C=O) groups excluding carboxylic acids is 1. The molecule has 2 rings (SSSR count). The van der Waals surface area contributed by atoms with E-state index in [1.165, 1.54) is 6.92 Å². The lowest BCUT2D eigenvalue weighted by molar-refractivity contribution is 0.0969. The van der Waals surface area contributed by atoms with Gasteiger partial charge < -0.3 is 9.88 Å². The minimum Gasteiger partial charge on any atom is -0.340 e. The second-order valence-electron chi connectivity index (χ2n) is 4.62. The summed E-state index contributed by atoms with van der Waals surface area (Å²) in [6.45, 7) is 3.33. The highest BCUT2D eigenvalue weighted by atomic mass is 32.2. The summed E-state index contributed by atoms with van der Waals surface area (Å²) in [4.78, 5) is 12.0. The number of rotatable bonds is 4. The van der Waals surface area contributed by atoms with Crippen molar-refractivity contribution >= 4 is 15.9 Å². The summed E-state index contributed by atoms with van der Waals surface area (Å²) in [7, 11) is -3.52. The van der Waals surface area contributed by atoms with Crippen LogP contribution in [0.2, 0.25) is 0 Å². The zero-order valence-corrected chi connectivity index (χ0v) is 11.7. The summed E-state index contributed by atoms with van der Waals surface area (Å²) in [5.74, 6) is -0.655. The van der Waals surface area contributed by atoms with Crippen LogP contribution in [0.3, 0.4) is 0 Å². The number of piperidine rings is 1. The van der Waals surface area contributed by atoms with E-state index in [2.05, 4.69) is 10.0 Å². The Morgan fingerprint density at radius 2 is 2.16 bits per heavy atom. The van der Waals surface area contributed by atoms with Gasteiger partial charge in [-0.15, -0.1) is 0 Å². The smallest absolute Gasteiger partial charge is 0.281 e. The van der Waals surface area contributed by atoms with Gasteiger partial charge >= 0.3 is 0 Å². The average molecular weight is 285 g/mol. The molecule has 0 bridgehead atoms. The molecule has 2 N–H and O–H groups in total. The minimum absolute atomic E-state index is 0.104. The molecular formula is C12H19N3O3S. The summed E-state index contributed by atoms with van der Waals surface area (Å²) in [6, 6.07) is 3.68. The van der Waals surface area contributed by atoms with Crippen LogP contribution in [0, 0.1) is 0 Å². The zero-order chi connectivity index (χ0) is 13.9. The van der Waals surface area contributed by atoms with Crippen molar-refractivity contribution in [2.75, 3.05) is 18.8 Å². The molecule has 19 heavy (non-hydrogen) atoms. The van der Waals surface area contributed by atoms with Gasteiger partial charge in [-0.3, -0.25) is 4.79 Å². The Kier molecular flexibility index (Phi) is 4.26. The predicted octanol–water partition coefficient (Wildman–Crippen LogP) is 0.492. The van der Waals surface area contributed by atoms with Crippen LogP contribution in [-0.2, 0) is 10.0 Å². The van der Waals surface area contributed by atoms with Gasteiger partial charge in [0, 0.05) is 12.2 Å². The number of sulfonamides is 1. The van der Waals surface area contributed by atoms with Crippen molar-refractivity contribution in [1.29, 1.82) is 0 Å². The van der Waals surface area contributed by atoms with Crippen LogP contribution in [0.5, 0.6) is 0 Å². The zero-order valence-electron chi connectivity index (χ0n) is 10.9. The summed E-state index contributed by atoms with van der Waals surface area (Å²) >= 11 is 0. The van der Waals surface area contributed by atoms with Crippen molar-refractivity contribution in [2.24, 2.45) is 0 Å². The SMILES string of the molecule is CCS(=O)(=O)NC(=O)c1cccn1C1CCNCC1. The van der Waals surface area contributed by atoms with Gasteiger partial charge in [0.2, 0.25) is 10.0 Å². The molecule has 1 aliphatic heterocycles.